The Balaban J connectivity index is 3.23. The van der Waals surface area contributed by atoms with E-state index in [1.807, 2.05) is 20.8 Å². The molecule has 1 rings (SSSR count). The first-order valence-electron chi connectivity index (χ1n) is 5.03. The minimum atomic E-state index is -0.125. The number of carbonyl (C=O) groups is 1. The van der Waals surface area contributed by atoms with E-state index in [1.165, 1.54) is 0 Å². The van der Waals surface area contributed by atoms with Crippen LogP contribution in [0.5, 0.6) is 0 Å². The predicted molar refractivity (Wildman–Crippen MR) is 59.8 cm³/mol. The van der Waals surface area contributed by atoms with Crippen molar-refractivity contribution in [3.8, 4) is 0 Å². The molecule has 0 saturated carbocycles. The fourth-order valence-electron chi connectivity index (χ4n) is 1.13. The van der Waals surface area contributed by atoms with Crippen molar-refractivity contribution < 1.29 is 4.79 Å². The third-order valence-corrected chi connectivity index (χ3v) is 2.08. The first kappa shape index (κ1) is 11.6. The van der Waals surface area contributed by atoms with Gasteiger partial charge in [0.2, 0.25) is 0 Å². The van der Waals surface area contributed by atoms with Crippen molar-refractivity contribution in [3.05, 3.63) is 17.6 Å². The lowest BCUT2D eigenvalue weighted by Gasteiger charge is -2.18. The van der Waals surface area contributed by atoms with Gasteiger partial charge in [-0.05, 0) is 0 Å². The molecule has 2 N–H and O–H groups in total. The Labute approximate surface area is 89.9 Å². The summed E-state index contributed by atoms with van der Waals surface area (Å²) in [5, 5.41) is 0. The minimum absolute atomic E-state index is 0.0761. The van der Waals surface area contributed by atoms with E-state index in [4.69, 9.17) is 5.73 Å². The van der Waals surface area contributed by atoms with Gasteiger partial charge in [-0.3, -0.25) is 4.79 Å². The van der Waals surface area contributed by atoms with Gasteiger partial charge in [0, 0.05) is 17.9 Å². The van der Waals surface area contributed by atoms with Crippen LogP contribution < -0.4 is 5.73 Å². The smallest absolute Gasteiger partial charge is 0.199 e. The summed E-state index contributed by atoms with van der Waals surface area (Å²) in [7, 11) is 0. The number of hydrogen-bond acceptors (Lipinski definition) is 4. The van der Waals surface area contributed by atoms with Crippen LogP contribution in [-0.4, -0.2) is 15.8 Å². The van der Waals surface area contributed by atoms with Gasteiger partial charge in [0.15, 0.2) is 11.6 Å². The number of carbonyl (C=O) groups excluding carboxylic acids is 1. The molecule has 1 heterocycles. The van der Waals surface area contributed by atoms with Crippen molar-refractivity contribution >= 4 is 11.6 Å². The van der Waals surface area contributed by atoms with E-state index in [2.05, 4.69) is 9.97 Å². The van der Waals surface area contributed by atoms with Crippen LogP contribution in [0, 0.1) is 0 Å². The second-order valence-corrected chi connectivity index (χ2v) is 4.53. The van der Waals surface area contributed by atoms with E-state index >= 15 is 0 Å². The lowest BCUT2D eigenvalue weighted by molar-refractivity contribution is 0.0978. The largest absolute Gasteiger partial charge is 0.384 e. The number of ketones is 1. The summed E-state index contributed by atoms with van der Waals surface area (Å²) < 4.78 is 0. The van der Waals surface area contributed by atoms with E-state index in [1.54, 1.807) is 13.0 Å². The highest BCUT2D eigenvalue weighted by Gasteiger charge is 2.19. The summed E-state index contributed by atoms with van der Waals surface area (Å²) in [5.41, 5.74) is 6.32. The zero-order valence-corrected chi connectivity index (χ0v) is 9.66. The van der Waals surface area contributed by atoms with Crippen LogP contribution in [0.3, 0.4) is 0 Å². The maximum Gasteiger partial charge on any atom is 0.199 e. The Morgan fingerprint density at radius 3 is 2.47 bits per heavy atom. The molecule has 0 aliphatic heterocycles. The summed E-state index contributed by atoms with van der Waals surface area (Å²) in [6, 6.07) is 1.71. The number of hydrogen-bond donors (Lipinski definition) is 1. The summed E-state index contributed by atoms with van der Waals surface area (Å²) >= 11 is 0. The maximum atomic E-state index is 11.5. The van der Waals surface area contributed by atoms with Crippen molar-refractivity contribution in [2.75, 3.05) is 5.73 Å². The summed E-state index contributed by atoms with van der Waals surface area (Å²) in [5.74, 6) is 0.502. The number of nitrogens with two attached hydrogens (primary N) is 1. The summed E-state index contributed by atoms with van der Waals surface area (Å²) in [4.78, 5) is 19.6. The number of aromatic nitrogens is 2. The quantitative estimate of drug-likeness (QED) is 0.752. The molecule has 0 saturated heterocycles. The number of anilines is 1. The molecule has 0 aromatic carbocycles. The van der Waals surface area contributed by atoms with Crippen molar-refractivity contribution in [1.82, 2.24) is 9.97 Å². The molecule has 0 spiro atoms. The Bertz CT molecular complexity index is 380. The average molecular weight is 207 g/mol. The van der Waals surface area contributed by atoms with Gasteiger partial charge in [-0.2, -0.15) is 0 Å². The fraction of sp³-hybridized carbons (Fsp3) is 0.545. The van der Waals surface area contributed by atoms with Crippen molar-refractivity contribution in [3.63, 3.8) is 0 Å². The third-order valence-electron chi connectivity index (χ3n) is 2.08. The number of Topliss-reactive ketones (excluding diaryl/α,β-unsaturated/α-hetero) is 1. The van der Waals surface area contributed by atoms with Gasteiger partial charge in [0.05, 0.1) is 5.69 Å². The molecule has 0 atom stereocenters. The molecule has 0 bridgehead atoms. The Morgan fingerprint density at radius 1 is 1.40 bits per heavy atom. The van der Waals surface area contributed by atoms with E-state index in [0.29, 0.717) is 12.2 Å². The van der Waals surface area contributed by atoms with Crippen molar-refractivity contribution in [2.24, 2.45) is 0 Å². The van der Waals surface area contributed by atoms with E-state index < -0.39 is 0 Å². The lowest BCUT2D eigenvalue weighted by atomic mass is 9.92. The zero-order valence-electron chi connectivity index (χ0n) is 9.66. The van der Waals surface area contributed by atoms with Crippen molar-refractivity contribution in [1.29, 1.82) is 0 Å². The molecule has 15 heavy (non-hydrogen) atoms. The average Bonchev–Trinajstić information content (AvgIpc) is 2.14. The first-order chi connectivity index (χ1) is 6.84. The molecule has 1 aromatic rings. The van der Waals surface area contributed by atoms with Crippen LogP contribution in [0.2, 0.25) is 0 Å². The van der Waals surface area contributed by atoms with Crippen LogP contribution in [0.1, 0.15) is 50.4 Å². The number of nitrogens with zero attached hydrogens (tertiary/aromatic N) is 2. The summed E-state index contributed by atoms with van der Waals surface area (Å²) in [6.45, 7) is 7.85. The first-order valence-corrected chi connectivity index (χ1v) is 5.03. The van der Waals surface area contributed by atoms with Gasteiger partial charge in [0.1, 0.15) is 5.82 Å². The molecular formula is C11H17N3O. The van der Waals surface area contributed by atoms with Crippen molar-refractivity contribution in [2.45, 2.75) is 39.5 Å². The molecule has 0 fully saturated rings. The highest BCUT2D eigenvalue weighted by Crippen LogP contribution is 2.21. The second-order valence-electron chi connectivity index (χ2n) is 4.53. The van der Waals surface area contributed by atoms with Crippen LogP contribution in [-0.2, 0) is 5.41 Å². The molecule has 0 unspecified atom stereocenters. The number of rotatable bonds is 2. The molecule has 4 heteroatoms. The van der Waals surface area contributed by atoms with Gasteiger partial charge in [-0.25, -0.2) is 9.97 Å². The molecule has 4 nitrogen and oxygen atoms in total. The SMILES string of the molecule is CCC(=O)c1nc(N)cc(C(C)(C)C)n1. The third kappa shape index (κ3) is 2.75. The molecule has 1 aromatic heterocycles. The summed E-state index contributed by atoms with van der Waals surface area (Å²) in [6.07, 6.45) is 0.396. The maximum absolute atomic E-state index is 11.5. The second kappa shape index (κ2) is 3.96. The molecular weight excluding hydrogens is 190 g/mol. The monoisotopic (exact) mass is 207 g/mol. The Hall–Kier alpha value is -1.45. The molecule has 0 aliphatic carbocycles. The minimum Gasteiger partial charge on any atom is -0.384 e. The van der Waals surface area contributed by atoms with Gasteiger partial charge >= 0.3 is 0 Å². The molecule has 0 radical (unpaired) electrons. The zero-order chi connectivity index (χ0) is 11.6. The van der Waals surface area contributed by atoms with Crippen LogP contribution in [0.15, 0.2) is 6.07 Å². The highest BCUT2D eigenvalue weighted by atomic mass is 16.1. The predicted octanol–water partition coefficient (Wildman–Crippen LogP) is 1.95. The fourth-order valence-corrected chi connectivity index (χ4v) is 1.13. The van der Waals surface area contributed by atoms with Crippen LogP contribution in [0.4, 0.5) is 5.82 Å². The molecule has 82 valence electrons. The standard InChI is InChI=1S/C11H17N3O/c1-5-7(15)10-13-8(11(2,3)4)6-9(12)14-10/h6H,5H2,1-4H3,(H2,12,13,14). The Morgan fingerprint density at radius 2 is 2.00 bits per heavy atom. The van der Waals surface area contributed by atoms with E-state index in [-0.39, 0.29) is 17.0 Å². The van der Waals surface area contributed by atoms with Crippen LogP contribution in [0.25, 0.3) is 0 Å². The van der Waals surface area contributed by atoms with Gasteiger partial charge in [0.25, 0.3) is 0 Å². The normalized spacial score (nSPS) is 11.5. The topological polar surface area (TPSA) is 68.9 Å². The van der Waals surface area contributed by atoms with E-state index in [0.717, 1.165) is 5.69 Å². The van der Waals surface area contributed by atoms with Crippen LogP contribution >= 0.6 is 0 Å². The van der Waals surface area contributed by atoms with Gasteiger partial charge in [-0.1, -0.05) is 27.7 Å². The van der Waals surface area contributed by atoms with Gasteiger partial charge in [-0.15, -0.1) is 0 Å². The van der Waals surface area contributed by atoms with Gasteiger partial charge < -0.3 is 5.73 Å². The number of nitrogen functional groups attached to an aromatic ring is 1. The Kier molecular flexibility index (Phi) is 3.07. The highest BCUT2D eigenvalue weighted by molar-refractivity contribution is 5.92. The van der Waals surface area contributed by atoms with E-state index in [9.17, 15) is 4.79 Å². The lowest BCUT2D eigenvalue weighted by Crippen LogP contribution is -2.18. The molecule has 0 amide bonds. The molecule has 0 aliphatic rings.